The molecule has 2 heterocycles. The van der Waals surface area contributed by atoms with Crippen LogP contribution in [0.15, 0.2) is 84.9 Å². The maximum absolute atomic E-state index is 13.4. The summed E-state index contributed by atoms with van der Waals surface area (Å²) in [5, 5.41) is 9.44. The second kappa shape index (κ2) is 8.37. The highest BCUT2D eigenvalue weighted by Crippen LogP contribution is 2.45. The molecular formula is C27H25N3O. The van der Waals surface area contributed by atoms with Gasteiger partial charge in [-0.1, -0.05) is 66.7 Å². The van der Waals surface area contributed by atoms with Crippen LogP contribution in [-0.2, 0) is 6.54 Å². The number of amides is 1. The number of hydrogen-bond acceptors (Lipinski definition) is 3. The quantitative estimate of drug-likeness (QED) is 0.640. The molecule has 31 heavy (non-hydrogen) atoms. The number of carbonyl (C=O) groups is 1. The molecule has 0 saturated carbocycles. The minimum Gasteiger partial charge on any atom is -0.331 e. The Morgan fingerprint density at radius 1 is 0.871 bits per heavy atom. The SMILES string of the molecule is N#Cc1ccccc1CN1C[C@H]2CN(C(=O)c3ccccc3)[C@H](c3ccccc3)[C@H]2C1. The first-order chi connectivity index (χ1) is 15.2. The van der Waals surface area contributed by atoms with E-state index in [4.69, 9.17) is 0 Å². The van der Waals surface area contributed by atoms with Crippen LogP contribution in [0.1, 0.15) is 33.1 Å². The number of benzene rings is 3. The normalized spacial score (nSPS) is 22.8. The van der Waals surface area contributed by atoms with Gasteiger partial charge < -0.3 is 4.90 Å². The Labute approximate surface area is 183 Å². The minimum atomic E-state index is 0.0788. The van der Waals surface area contributed by atoms with E-state index in [1.807, 2.05) is 60.7 Å². The van der Waals surface area contributed by atoms with Crippen molar-refractivity contribution in [3.8, 4) is 6.07 Å². The molecule has 2 fully saturated rings. The first kappa shape index (κ1) is 19.5. The van der Waals surface area contributed by atoms with Crippen LogP contribution in [0.4, 0.5) is 0 Å². The van der Waals surface area contributed by atoms with E-state index in [-0.39, 0.29) is 11.9 Å². The molecule has 3 atom stereocenters. The van der Waals surface area contributed by atoms with Crippen LogP contribution < -0.4 is 0 Å². The molecule has 0 aliphatic carbocycles. The number of nitriles is 1. The highest BCUT2D eigenvalue weighted by Gasteiger charge is 2.49. The zero-order valence-electron chi connectivity index (χ0n) is 17.4. The zero-order chi connectivity index (χ0) is 21.2. The fourth-order valence-corrected chi connectivity index (χ4v) is 5.31. The van der Waals surface area contributed by atoms with Gasteiger partial charge in [-0.05, 0) is 35.2 Å². The summed E-state index contributed by atoms with van der Waals surface area (Å²) in [5.74, 6) is 0.946. The van der Waals surface area contributed by atoms with Crippen LogP contribution in [-0.4, -0.2) is 35.3 Å². The van der Waals surface area contributed by atoms with E-state index < -0.39 is 0 Å². The maximum Gasteiger partial charge on any atom is 0.254 e. The molecule has 0 N–H and O–H groups in total. The van der Waals surface area contributed by atoms with Crippen molar-refractivity contribution < 1.29 is 4.79 Å². The summed E-state index contributed by atoms with van der Waals surface area (Å²) in [7, 11) is 0. The first-order valence-corrected chi connectivity index (χ1v) is 10.9. The molecule has 2 aliphatic heterocycles. The molecule has 0 unspecified atom stereocenters. The summed E-state index contributed by atoms with van der Waals surface area (Å²) >= 11 is 0. The minimum absolute atomic E-state index is 0.0788. The number of carbonyl (C=O) groups excluding carboxylic acids is 1. The first-order valence-electron chi connectivity index (χ1n) is 10.9. The summed E-state index contributed by atoms with van der Waals surface area (Å²) in [6, 6.07) is 30.3. The molecule has 3 aromatic carbocycles. The van der Waals surface area contributed by atoms with Gasteiger partial charge in [0.2, 0.25) is 0 Å². The van der Waals surface area contributed by atoms with E-state index in [0.29, 0.717) is 11.8 Å². The Morgan fingerprint density at radius 3 is 2.29 bits per heavy atom. The van der Waals surface area contributed by atoms with Gasteiger partial charge in [0.1, 0.15) is 0 Å². The molecule has 154 valence electrons. The summed E-state index contributed by atoms with van der Waals surface area (Å²) in [6.45, 7) is 3.44. The predicted octanol–water partition coefficient (Wildman–Crippen LogP) is 4.50. The van der Waals surface area contributed by atoms with Gasteiger partial charge in [-0.3, -0.25) is 9.69 Å². The van der Waals surface area contributed by atoms with Crippen LogP contribution in [0, 0.1) is 23.2 Å². The Hall–Kier alpha value is -3.42. The topological polar surface area (TPSA) is 47.3 Å². The Bertz CT molecular complexity index is 1110. The van der Waals surface area contributed by atoms with Gasteiger partial charge in [0, 0.05) is 37.7 Å². The Kier molecular flexibility index (Phi) is 5.28. The summed E-state index contributed by atoms with van der Waals surface area (Å²) in [4.78, 5) is 17.9. The predicted molar refractivity (Wildman–Crippen MR) is 120 cm³/mol. The number of fused-ring (bicyclic) bond motifs is 1. The van der Waals surface area contributed by atoms with Crippen LogP contribution in [0.3, 0.4) is 0 Å². The molecule has 5 rings (SSSR count). The molecule has 1 amide bonds. The van der Waals surface area contributed by atoms with Gasteiger partial charge in [0.05, 0.1) is 17.7 Å². The second-order valence-corrected chi connectivity index (χ2v) is 8.57. The van der Waals surface area contributed by atoms with Gasteiger partial charge in [0.25, 0.3) is 5.91 Å². The lowest BCUT2D eigenvalue weighted by atomic mass is 9.89. The third kappa shape index (κ3) is 3.73. The van der Waals surface area contributed by atoms with Gasteiger partial charge in [-0.25, -0.2) is 0 Å². The molecule has 4 nitrogen and oxygen atoms in total. The average Bonchev–Trinajstić information content (AvgIpc) is 3.37. The molecule has 3 aromatic rings. The van der Waals surface area contributed by atoms with Crippen molar-refractivity contribution in [3.05, 3.63) is 107 Å². The largest absolute Gasteiger partial charge is 0.331 e. The summed E-state index contributed by atoms with van der Waals surface area (Å²) in [5.41, 5.74) is 3.79. The van der Waals surface area contributed by atoms with Gasteiger partial charge >= 0.3 is 0 Å². The molecular weight excluding hydrogens is 382 g/mol. The Morgan fingerprint density at radius 2 is 1.55 bits per heavy atom. The van der Waals surface area contributed by atoms with Crippen molar-refractivity contribution >= 4 is 5.91 Å². The zero-order valence-corrected chi connectivity index (χ0v) is 17.4. The lowest BCUT2D eigenvalue weighted by Crippen LogP contribution is -2.35. The second-order valence-electron chi connectivity index (χ2n) is 8.57. The lowest BCUT2D eigenvalue weighted by Gasteiger charge is -2.30. The summed E-state index contributed by atoms with van der Waals surface area (Å²) in [6.07, 6.45) is 0. The van der Waals surface area contributed by atoms with Crippen molar-refractivity contribution in [2.75, 3.05) is 19.6 Å². The molecule has 2 saturated heterocycles. The standard InChI is InChI=1S/C27H25N3O/c28-15-22-13-7-8-14-23(22)16-29-17-24-18-30(27(31)21-11-5-2-6-12-21)26(25(24)19-29)20-9-3-1-4-10-20/h1-14,24-26H,16-19H2/t24-,25-,26+/m0/s1. The van der Waals surface area contributed by atoms with Gasteiger partial charge in [-0.15, -0.1) is 0 Å². The highest BCUT2D eigenvalue weighted by molar-refractivity contribution is 5.94. The molecule has 4 heteroatoms. The van der Waals surface area contributed by atoms with E-state index in [1.165, 1.54) is 5.56 Å². The number of likely N-dealkylation sites (tertiary alicyclic amines) is 2. The van der Waals surface area contributed by atoms with Gasteiger partial charge in [0.15, 0.2) is 0 Å². The summed E-state index contributed by atoms with van der Waals surface area (Å²) < 4.78 is 0. The van der Waals surface area contributed by atoms with Crippen LogP contribution in [0.2, 0.25) is 0 Å². The Balaban J connectivity index is 1.41. The third-order valence-corrected chi connectivity index (χ3v) is 6.69. The number of hydrogen-bond donors (Lipinski definition) is 0. The van der Waals surface area contributed by atoms with Crippen molar-refractivity contribution in [1.29, 1.82) is 5.26 Å². The molecule has 0 spiro atoms. The van der Waals surface area contributed by atoms with Gasteiger partial charge in [-0.2, -0.15) is 5.26 Å². The molecule has 0 bridgehead atoms. The lowest BCUT2D eigenvalue weighted by molar-refractivity contribution is 0.0699. The fourth-order valence-electron chi connectivity index (χ4n) is 5.31. The van der Waals surface area contributed by atoms with Crippen LogP contribution >= 0.6 is 0 Å². The highest BCUT2D eigenvalue weighted by atomic mass is 16.2. The molecule has 0 radical (unpaired) electrons. The average molecular weight is 408 g/mol. The van der Waals surface area contributed by atoms with E-state index in [1.54, 1.807) is 0 Å². The number of rotatable bonds is 4. The third-order valence-electron chi connectivity index (χ3n) is 6.69. The smallest absolute Gasteiger partial charge is 0.254 e. The fraction of sp³-hybridized carbons (Fsp3) is 0.259. The van der Waals surface area contributed by atoms with Crippen molar-refractivity contribution in [2.24, 2.45) is 11.8 Å². The van der Waals surface area contributed by atoms with Crippen molar-refractivity contribution in [2.45, 2.75) is 12.6 Å². The monoisotopic (exact) mass is 407 g/mol. The molecule has 0 aromatic heterocycles. The maximum atomic E-state index is 13.4. The van der Waals surface area contributed by atoms with E-state index in [9.17, 15) is 10.1 Å². The molecule has 2 aliphatic rings. The van der Waals surface area contributed by atoms with E-state index >= 15 is 0 Å². The van der Waals surface area contributed by atoms with Crippen LogP contribution in [0.25, 0.3) is 0 Å². The van der Waals surface area contributed by atoms with Crippen molar-refractivity contribution in [3.63, 3.8) is 0 Å². The van der Waals surface area contributed by atoms with Crippen molar-refractivity contribution in [1.82, 2.24) is 9.80 Å². The number of nitrogens with zero attached hydrogens (tertiary/aromatic N) is 3. The van der Waals surface area contributed by atoms with E-state index in [2.05, 4.69) is 40.1 Å². The van der Waals surface area contributed by atoms with Crippen LogP contribution in [0.5, 0.6) is 0 Å². The van der Waals surface area contributed by atoms with E-state index in [0.717, 1.165) is 42.9 Å².